The fourth-order valence-corrected chi connectivity index (χ4v) is 3.74. The van der Waals surface area contributed by atoms with Gasteiger partial charge in [0.1, 0.15) is 0 Å². The molecule has 0 saturated carbocycles. The molecule has 2 N–H and O–H groups in total. The molecule has 24 heavy (non-hydrogen) atoms. The monoisotopic (exact) mass is 334 g/mol. The first-order valence-corrected chi connectivity index (χ1v) is 8.70. The third-order valence-electron chi connectivity index (χ3n) is 5.38. The van der Waals surface area contributed by atoms with Gasteiger partial charge in [-0.25, -0.2) is 0 Å². The Morgan fingerprint density at radius 1 is 1.17 bits per heavy atom. The van der Waals surface area contributed by atoms with Crippen molar-refractivity contribution in [2.24, 2.45) is 5.92 Å². The molecule has 132 valence electrons. The summed E-state index contributed by atoms with van der Waals surface area (Å²) in [6.07, 6.45) is 1.92. The molecule has 0 aromatic heterocycles. The van der Waals surface area contributed by atoms with Crippen molar-refractivity contribution in [1.29, 1.82) is 0 Å². The minimum absolute atomic E-state index is 0.176. The Bertz CT molecular complexity index is 578. The van der Waals surface area contributed by atoms with Crippen molar-refractivity contribution in [2.45, 2.75) is 25.8 Å². The van der Waals surface area contributed by atoms with Crippen LogP contribution in [0.5, 0.6) is 11.5 Å². The minimum Gasteiger partial charge on any atom is -0.504 e. The van der Waals surface area contributed by atoms with Crippen molar-refractivity contribution in [1.82, 2.24) is 9.80 Å². The molecule has 0 bridgehead atoms. The van der Waals surface area contributed by atoms with Crippen molar-refractivity contribution in [3.63, 3.8) is 0 Å². The first kappa shape index (κ1) is 17.0. The second-order valence-electron chi connectivity index (χ2n) is 6.69. The molecule has 2 heterocycles. The van der Waals surface area contributed by atoms with Crippen molar-refractivity contribution in [3.8, 4) is 11.5 Å². The highest BCUT2D eigenvalue weighted by Crippen LogP contribution is 2.31. The summed E-state index contributed by atoms with van der Waals surface area (Å²) in [6, 6.07) is 5.01. The van der Waals surface area contributed by atoms with Crippen LogP contribution in [0.4, 0.5) is 0 Å². The van der Waals surface area contributed by atoms with Gasteiger partial charge >= 0.3 is 0 Å². The largest absolute Gasteiger partial charge is 0.504 e. The Balaban J connectivity index is 1.58. The van der Waals surface area contributed by atoms with Crippen molar-refractivity contribution >= 4 is 5.91 Å². The number of hydrogen-bond acceptors (Lipinski definition) is 5. The molecule has 1 amide bonds. The third-order valence-corrected chi connectivity index (χ3v) is 5.38. The Morgan fingerprint density at radius 2 is 1.83 bits per heavy atom. The van der Waals surface area contributed by atoms with Crippen LogP contribution in [0.25, 0.3) is 0 Å². The number of benzene rings is 1. The second-order valence-corrected chi connectivity index (χ2v) is 6.69. The Labute approximate surface area is 142 Å². The van der Waals surface area contributed by atoms with Crippen molar-refractivity contribution in [2.75, 3.05) is 39.4 Å². The molecule has 2 saturated heterocycles. The number of piperidine rings is 1. The minimum atomic E-state index is -0.327. The quantitative estimate of drug-likeness (QED) is 0.823. The van der Waals surface area contributed by atoms with Gasteiger partial charge in [-0.2, -0.15) is 0 Å². The highest BCUT2D eigenvalue weighted by molar-refractivity contribution is 5.97. The smallest absolute Gasteiger partial charge is 0.257 e. The molecule has 0 radical (unpaired) electrons. The normalized spacial score (nSPS) is 21.6. The van der Waals surface area contributed by atoms with E-state index in [0.29, 0.717) is 25.0 Å². The maximum Gasteiger partial charge on any atom is 0.257 e. The van der Waals surface area contributed by atoms with Gasteiger partial charge < -0.3 is 19.8 Å². The fraction of sp³-hybridized carbons (Fsp3) is 0.611. The summed E-state index contributed by atoms with van der Waals surface area (Å²) >= 11 is 0. The van der Waals surface area contributed by atoms with Gasteiger partial charge in [0, 0.05) is 32.2 Å². The summed E-state index contributed by atoms with van der Waals surface area (Å²) in [5, 5.41) is 19.5. The number of phenols is 2. The van der Waals surface area contributed by atoms with Crippen LogP contribution in [-0.2, 0) is 4.74 Å². The van der Waals surface area contributed by atoms with Crippen LogP contribution < -0.4 is 0 Å². The van der Waals surface area contributed by atoms with E-state index in [1.54, 1.807) is 17.0 Å². The molecule has 1 aromatic rings. The second kappa shape index (κ2) is 7.40. The Kier molecular flexibility index (Phi) is 5.26. The van der Waals surface area contributed by atoms with Crippen LogP contribution in [0.1, 0.15) is 30.1 Å². The fourth-order valence-electron chi connectivity index (χ4n) is 3.74. The van der Waals surface area contributed by atoms with E-state index in [9.17, 15) is 15.0 Å². The van der Waals surface area contributed by atoms with Gasteiger partial charge in [0.2, 0.25) is 0 Å². The van der Waals surface area contributed by atoms with Crippen LogP contribution >= 0.6 is 0 Å². The van der Waals surface area contributed by atoms with Crippen LogP contribution in [0, 0.1) is 5.92 Å². The van der Waals surface area contributed by atoms with Crippen molar-refractivity contribution in [3.05, 3.63) is 23.8 Å². The van der Waals surface area contributed by atoms with E-state index in [2.05, 4.69) is 11.8 Å². The molecule has 3 rings (SSSR count). The SMILES string of the molecule is C[C@H](C1CCN(C(=O)c2cccc(O)c2O)CC1)N1CCOCC1. The number of carbonyl (C=O) groups excluding carboxylic acids is 1. The zero-order valence-corrected chi connectivity index (χ0v) is 14.1. The topological polar surface area (TPSA) is 73.2 Å². The number of aromatic hydroxyl groups is 2. The number of likely N-dealkylation sites (tertiary alicyclic amines) is 1. The zero-order chi connectivity index (χ0) is 17.1. The molecule has 1 atom stereocenters. The summed E-state index contributed by atoms with van der Waals surface area (Å²) in [7, 11) is 0. The van der Waals surface area contributed by atoms with Crippen LogP contribution in [0.2, 0.25) is 0 Å². The number of phenolic OH excluding ortho intramolecular Hbond substituents is 2. The zero-order valence-electron chi connectivity index (χ0n) is 14.1. The standard InChI is InChI=1S/C18H26N2O4/c1-13(19-9-11-24-12-10-19)14-5-7-20(8-6-14)18(23)15-3-2-4-16(21)17(15)22/h2-4,13-14,21-22H,5-12H2,1H3/t13-/m1/s1. The van der Waals surface area contributed by atoms with Crippen LogP contribution in [0.3, 0.4) is 0 Å². The lowest BCUT2D eigenvalue weighted by Gasteiger charge is -2.41. The van der Waals surface area contributed by atoms with Gasteiger partial charge in [-0.15, -0.1) is 0 Å². The number of carbonyl (C=O) groups is 1. The maximum atomic E-state index is 12.6. The van der Waals surface area contributed by atoms with Gasteiger partial charge in [-0.1, -0.05) is 6.07 Å². The highest BCUT2D eigenvalue weighted by atomic mass is 16.5. The van der Waals surface area contributed by atoms with Gasteiger partial charge in [0.15, 0.2) is 11.5 Å². The molecule has 0 unspecified atom stereocenters. The number of hydrogen-bond donors (Lipinski definition) is 2. The molecule has 0 spiro atoms. The summed E-state index contributed by atoms with van der Waals surface area (Å²) < 4.78 is 5.42. The van der Waals surface area contributed by atoms with E-state index >= 15 is 0 Å². The molecule has 2 aliphatic heterocycles. The number of nitrogens with zero attached hydrogens (tertiary/aromatic N) is 2. The molecule has 2 aliphatic rings. The van der Waals surface area contributed by atoms with Crippen LogP contribution in [-0.4, -0.2) is 71.4 Å². The average molecular weight is 334 g/mol. The van der Waals surface area contributed by atoms with Gasteiger partial charge in [0.25, 0.3) is 5.91 Å². The lowest BCUT2D eigenvalue weighted by molar-refractivity contribution is -0.000967. The first-order valence-electron chi connectivity index (χ1n) is 8.70. The summed E-state index contributed by atoms with van der Waals surface area (Å²) in [5.41, 5.74) is 0.176. The Morgan fingerprint density at radius 3 is 2.50 bits per heavy atom. The molecule has 2 fully saturated rings. The molecule has 0 aliphatic carbocycles. The van der Waals surface area contributed by atoms with Gasteiger partial charge in [-0.3, -0.25) is 9.69 Å². The maximum absolute atomic E-state index is 12.6. The average Bonchev–Trinajstić information content (AvgIpc) is 2.64. The van der Waals surface area contributed by atoms with E-state index < -0.39 is 0 Å². The van der Waals surface area contributed by atoms with E-state index in [1.807, 2.05) is 0 Å². The third kappa shape index (κ3) is 3.49. The summed E-state index contributed by atoms with van der Waals surface area (Å²) in [5.74, 6) is -0.214. The number of rotatable bonds is 3. The van der Waals surface area contributed by atoms with Gasteiger partial charge in [-0.05, 0) is 37.8 Å². The summed E-state index contributed by atoms with van der Waals surface area (Å²) in [4.78, 5) is 16.8. The number of morpholine rings is 1. The van der Waals surface area contributed by atoms with Gasteiger partial charge in [0.05, 0.1) is 18.8 Å². The number of ether oxygens (including phenoxy) is 1. The molecule has 6 nitrogen and oxygen atoms in total. The number of para-hydroxylation sites is 1. The predicted octanol–water partition coefficient (Wildman–Crippen LogP) is 1.67. The number of amides is 1. The predicted molar refractivity (Wildman–Crippen MR) is 90.3 cm³/mol. The molecular weight excluding hydrogens is 308 g/mol. The van der Waals surface area contributed by atoms with E-state index in [0.717, 1.165) is 39.1 Å². The summed E-state index contributed by atoms with van der Waals surface area (Å²) in [6.45, 7) is 7.22. The first-order chi connectivity index (χ1) is 11.6. The van der Waals surface area contributed by atoms with E-state index in [4.69, 9.17) is 4.74 Å². The Hall–Kier alpha value is -1.79. The van der Waals surface area contributed by atoms with Crippen molar-refractivity contribution < 1.29 is 19.7 Å². The van der Waals surface area contributed by atoms with E-state index in [-0.39, 0.29) is 23.0 Å². The van der Waals surface area contributed by atoms with Crippen LogP contribution in [0.15, 0.2) is 18.2 Å². The molecular formula is C18H26N2O4. The lowest BCUT2D eigenvalue weighted by Crippen LogP contribution is -2.49. The molecule has 6 heteroatoms. The lowest BCUT2D eigenvalue weighted by atomic mass is 9.89. The highest BCUT2D eigenvalue weighted by Gasteiger charge is 2.31. The van der Waals surface area contributed by atoms with E-state index in [1.165, 1.54) is 6.07 Å². The molecule has 1 aromatic carbocycles.